The maximum Gasteiger partial charge on any atom is 0.0638 e. The van der Waals surface area contributed by atoms with Crippen LogP contribution in [-0.2, 0) is 4.74 Å². The van der Waals surface area contributed by atoms with Gasteiger partial charge in [0.2, 0.25) is 0 Å². The van der Waals surface area contributed by atoms with E-state index in [0.29, 0.717) is 12.6 Å². The molecule has 1 unspecified atom stereocenters. The van der Waals surface area contributed by atoms with Gasteiger partial charge >= 0.3 is 0 Å². The molecule has 0 bridgehead atoms. The fourth-order valence-electron chi connectivity index (χ4n) is 2.99. The number of methoxy groups -OCH3 is 1. The first-order valence-corrected chi connectivity index (χ1v) is 7.54. The van der Waals surface area contributed by atoms with Crippen LogP contribution in [0.1, 0.15) is 46.0 Å². The lowest BCUT2D eigenvalue weighted by Crippen LogP contribution is -2.44. The summed E-state index contributed by atoms with van der Waals surface area (Å²) in [7, 11) is 1.78. The van der Waals surface area contributed by atoms with Gasteiger partial charge in [-0.1, -0.05) is 0 Å². The summed E-state index contributed by atoms with van der Waals surface area (Å²) in [4.78, 5) is 0. The van der Waals surface area contributed by atoms with Crippen LogP contribution in [0.4, 0.5) is 0 Å². The van der Waals surface area contributed by atoms with Crippen LogP contribution in [0.25, 0.3) is 0 Å². The SMILES string of the molecule is COC(C)(C)CC(CN)NCC(C1CC1)C1CC1. The minimum Gasteiger partial charge on any atom is -0.379 e. The lowest BCUT2D eigenvalue weighted by Gasteiger charge is -2.30. The molecule has 2 fully saturated rings. The van der Waals surface area contributed by atoms with Crippen LogP contribution in [0.3, 0.4) is 0 Å². The predicted molar refractivity (Wildman–Crippen MR) is 75.5 cm³/mol. The van der Waals surface area contributed by atoms with E-state index in [4.69, 9.17) is 10.5 Å². The second-order valence-electron chi connectivity index (χ2n) is 6.85. The van der Waals surface area contributed by atoms with Crippen molar-refractivity contribution < 1.29 is 4.74 Å². The molecule has 1 atom stereocenters. The normalized spacial score (nSPS) is 22.5. The Morgan fingerprint density at radius 3 is 2.17 bits per heavy atom. The average Bonchev–Trinajstić information content (AvgIpc) is 3.19. The van der Waals surface area contributed by atoms with Crippen molar-refractivity contribution in [3.8, 4) is 0 Å². The molecule has 0 aromatic carbocycles. The summed E-state index contributed by atoms with van der Waals surface area (Å²) in [5.41, 5.74) is 5.81. The Morgan fingerprint density at radius 2 is 1.78 bits per heavy atom. The zero-order valence-corrected chi connectivity index (χ0v) is 12.2. The van der Waals surface area contributed by atoms with Crippen LogP contribution < -0.4 is 11.1 Å². The third-order valence-corrected chi connectivity index (χ3v) is 4.67. The van der Waals surface area contributed by atoms with Gasteiger partial charge in [-0.05, 0) is 70.3 Å². The van der Waals surface area contributed by atoms with E-state index in [1.807, 2.05) is 0 Å². The molecule has 3 N–H and O–H groups in total. The Morgan fingerprint density at radius 1 is 1.22 bits per heavy atom. The number of hydrogen-bond acceptors (Lipinski definition) is 3. The highest BCUT2D eigenvalue weighted by atomic mass is 16.5. The van der Waals surface area contributed by atoms with Crippen molar-refractivity contribution in [1.82, 2.24) is 5.32 Å². The molecule has 0 aliphatic heterocycles. The van der Waals surface area contributed by atoms with Crippen molar-refractivity contribution >= 4 is 0 Å². The Balaban J connectivity index is 1.75. The molecule has 2 saturated carbocycles. The smallest absolute Gasteiger partial charge is 0.0638 e. The summed E-state index contributed by atoms with van der Waals surface area (Å²) in [5, 5.41) is 3.70. The van der Waals surface area contributed by atoms with E-state index in [9.17, 15) is 0 Å². The van der Waals surface area contributed by atoms with E-state index in [1.54, 1.807) is 7.11 Å². The van der Waals surface area contributed by atoms with Crippen LogP contribution in [0.15, 0.2) is 0 Å². The van der Waals surface area contributed by atoms with Gasteiger partial charge in [-0.2, -0.15) is 0 Å². The molecule has 106 valence electrons. The van der Waals surface area contributed by atoms with Gasteiger partial charge in [-0.3, -0.25) is 0 Å². The summed E-state index contributed by atoms with van der Waals surface area (Å²) >= 11 is 0. The highest BCUT2D eigenvalue weighted by Gasteiger charge is 2.41. The van der Waals surface area contributed by atoms with Crippen LogP contribution in [-0.4, -0.2) is 31.8 Å². The fraction of sp³-hybridized carbons (Fsp3) is 1.00. The first-order chi connectivity index (χ1) is 8.55. The van der Waals surface area contributed by atoms with Crippen molar-refractivity contribution in [2.45, 2.75) is 57.6 Å². The highest BCUT2D eigenvalue weighted by molar-refractivity contribution is 4.93. The molecule has 0 spiro atoms. The zero-order chi connectivity index (χ0) is 13.2. The quantitative estimate of drug-likeness (QED) is 0.663. The predicted octanol–water partition coefficient (Wildman–Crippen LogP) is 2.15. The third kappa shape index (κ3) is 4.22. The number of rotatable bonds is 9. The molecule has 3 heteroatoms. The molecule has 2 rings (SSSR count). The second-order valence-corrected chi connectivity index (χ2v) is 6.85. The zero-order valence-electron chi connectivity index (χ0n) is 12.2. The molecule has 0 saturated heterocycles. The molecular weight excluding hydrogens is 224 g/mol. The topological polar surface area (TPSA) is 47.3 Å². The van der Waals surface area contributed by atoms with Gasteiger partial charge in [0.15, 0.2) is 0 Å². The summed E-state index contributed by atoms with van der Waals surface area (Å²) < 4.78 is 5.50. The van der Waals surface area contributed by atoms with Gasteiger partial charge in [-0.15, -0.1) is 0 Å². The van der Waals surface area contributed by atoms with E-state index in [-0.39, 0.29) is 5.60 Å². The van der Waals surface area contributed by atoms with E-state index < -0.39 is 0 Å². The third-order valence-electron chi connectivity index (χ3n) is 4.67. The van der Waals surface area contributed by atoms with Crippen molar-refractivity contribution in [2.24, 2.45) is 23.5 Å². The van der Waals surface area contributed by atoms with Gasteiger partial charge in [-0.25, -0.2) is 0 Å². The number of hydrogen-bond donors (Lipinski definition) is 2. The first kappa shape index (κ1) is 14.3. The van der Waals surface area contributed by atoms with E-state index in [1.165, 1.54) is 25.7 Å². The van der Waals surface area contributed by atoms with Crippen molar-refractivity contribution in [3.63, 3.8) is 0 Å². The van der Waals surface area contributed by atoms with E-state index in [2.05, 4.69) is 19.2 Å². The summed E-state index contributed by atoms with van der Waals surface area (Å²) in [6.45, 7) is 6.14. The lowest BCUT2D eigenvalue weighted by molar-refractivity contribution is 0.00735. The molecule has 2 aliphatic carbocycles. The van der Waals surface area contributed by atoms with Gasteiger partial charge in [0.25, 0.3) is 0 Å². The van der Waals surface area contributed by atoms with Gasteiger partial charge < -0.3 is 15.8 Å². The maximum atomic E-state index is 5.89. The Hall–Kier alpha value is -0.120. The molecule has 3 nitrogen and oxygen atoms in total. The molecule has 0 radical (unpaired) electrons. The molecule has 2 aliphatic rings. The van der Waals surface area contributed by atoms with Crippen LogP contribution in [0.2, 0.25) is 0 Å². The average molecular weight is 254 g/mol. The molecule has 0 heterocycles. The Kier molecular flexibility index (Phi) is 4.68. The number of ether oxygens (including phenoxy) is 1. The second kappa shape index (κ2) is 5.89. The van der Waals surface area contributed by atoms with Gasteiger partial charge in [0, 0.05) is 19.7 Å². The summed E-state index contributed by atoms with van der Waals surface area (Å²) in [6.07, 6.45) is 6.82. The number of nitrogens with one attached hydrogen (secondary N) is 1. The lowest BCUT2D eigenvalue weighted by atomic mass is 9.95. The van der Waals surface area contributed by atoms with Crippen LogP contribution >= 0.6 is 0 Å². The fourth-order valence-corrected chi connectivity index (χ4v) is 2.99. The molecule has 0 aromatic rings. The highest BCUT2D eigenvalue weighted by Crippen LogP contribution is 2.48. The Bertz CT molecular complexity index is 247. The maximum absolute atomic E-state index is 5.89. The monoisotopic (exact) mass is 254 g/mol. The first-order valence-electron chi connectivity index (χ1n) is 7.54. The van der Waals surface area contributed by atoms with Gasteiger partial charge in [0.05, 0.1) is 5.60 Å². The van der Waals surface area contributed by atoms with Crippen molar-refractivity contribution in [3.05, 3.63) is 0 Å². The van der Waals surface area contributed by atoms with Crippen LogP contribution in [0, 0.1) is 17.8 Å². The molecule has 0 aromatic heterocycles. The molecular formula is C15H30N2O. The minimum absolute atomic E-state index is 0.0777. The summed E-state index contributed by atoms with van der Waals surface area (Å²) in [5.74, 6) is 2.95. The largest absolute Gasteiger partial charge is 0.379 e. The Labute approximate surface area is 112 Å². The summed E-state index contributed by atoms with van der Waals surface area (Å²) in [6, 6.07) is 0.389. The minimum atomic E-state index is -0.0777. The van der Waals surface area contributed by atoms with Crippen molar-refractivity contribution in [1.29, 1.82) is 0 Å². The number of nitrogens with two attached hydrogens (primary N) is 1. The van der Waals surface area contributed by atoms with E-state index in [0.717, 1.165) is 30.7 Å². The molecule has 18 heavy (non-hydrogen) atoms. The molecule has 0 amide bonds. The van der Waals surface area contributed by atoms with Crippen molar-refractivity contribution in [2.75, 3.05) is 20.2 Å². The van der Waals surface area contributed by atoms with Gasteiger partial charge in [0.1, 0.15) is 0 Å². The van der Waals surface area contributed by atoms with Crippen LogP contribution in [0.5, 0.6) is 0 Å². The van der Waals surface area contributed by atoms with E-state index >= 15 is 0 Å². The standard InChI is InChI=1S/C15H30N2O/c1-15(2,18-3)8-13(9-16)17-10-14(11-4-5-11)12-6-7-12/h11-14,17H,4-10,16H2,1-3H3.